The Morgan fingerprint density at radius 2 is 2.12 bits per heavy atom. The first-order valence-electron chi connectivity index (χ1n) is 4.86. The first kappa shape index (κ1) is 13.3. The van der Waals surface area contributed by atoms with Crippen LogP contribution in [0.5, 0.6) is 0 Å². The van der Waals surface area contributed by atoms with Crippen LogP contribution in [0.25, 0.3) is 0 Å². The van der Waals surface area contributed by atoms with Crippen molar-refractivity contribution in [2.24, 2.45) is 5.73 Å². The Kier molecular flexibility index (Phi) is 4.59. The van der Waals surface area contributed by atoms with E-state index in [9.17, 15) is 4.79 Å². The molecular formula is C11H14Cl2N2O. The van der Waals surface area contributed by atoms with E-state index in [-0.39, 0.29) is 5.91 Å². The van der Waals surface area contributed by atoms with Crippen LogP contribution in [0.4, 0.5) is 0 Å². The second-order valence-corrected chi connectivity index (χ2v) is 4.56. The molecule has 0 spiro atoms. The predicted molar refractivity (Wildman–Crippen MR) is 66.6 cm³/mol. The lowest BCUT2D eigenvalue weighted by molar-refractivity contribution is -0.131. The normalized spacial score (nSPS) is 12.3. The van der Waals surface area contributed by atoms with Gasteiger partial charge in [0.15, 0.2) is 0 Å². The van der Waals surface area contributed by atoms with Crippen LogP contribution in [-0.2, 0) is 11.3 Å². The van der Waals surface area contributed by atoms with Crippen LogP contribution < -0.4 is 5.73 Å². The molecule has 0 aliphatic heterocycles. The van der Waals surface area contributed by atoms with Crippen LogP contribution in [0.1, 0.15) is 12.5 Å². The Morgan fingerprint density at radius 1 is 1.50 bits per heavy atom. The van der Waals surface area contributed by atoms with Gasteiger partial charge in [0.2, 0.25) is 5.91 Å². The van der Waals surface area contributed by atoms with Crippen LogP contribution >= 0.6 is 23.2 Å². The lowest BCUT2D eigenvalue weighted by atomic mass is 10.2. The minimum atomic E-state index is -0.504. The third kappa shape index (κ3) is 3.37. The van der Waals surface area contributed by atoms with E-state index in [1.165, 1.54) is 0 Å². The van der Waals surface area contributed by atoms with Crippen molar-refractivity contribution in [3.63, 3.8) is 0 Å². The number of carbonyl (C=O) groups excluding carboxylic acids is 1. The van der Waals surface area contributed by atoms with Crippen LogP contribution in [0.3, 0.4) is 0 Å². The fourth-order valence-corrected chi connectivity index (χ4v) is 1.80. The molecule has 1 amide bonds. The quantitative estimate of drug-likeness (QED) is 0.907. The van der Waals surface area contributed by atoms with Gasteiger partial charge in [-0.3, -0.25) is 4.79 Å². The molecule has 1 atom stereocenters. The second-order valence-electron chi connectivity index (χ2n) is 3.72. The zero-order valence-corrected chi connectivity index (χ0v) is 10.7. The summed E-state index contributed by atoms with van der Waals surface area (Å²) in [5.41, 5.74) is 6.36. The van der Waals surface area contributed by atoms with Crippen LogP contribution in [-0.4, -0.2) is 23.9 Å². The van der Waals surface area contributed by atoms with Gasteiger partial charge in [-0.1, -0.05) is 29.3 Å². The number of carbonyl (C=O) groups is 1. The van der Waals surface area contributed by atoms with Crippen molar-refractivity contribution in [3.05, 3.63) is 33.8 Å². The third-order valence-electron chi connectivity index (χ3n) is 2.19. The number of amides is 1. The van der Waals surface area contributed by atoms with Gasteiger partial charge in [-0.15, -0.1) is 0 Å². The molecule has 3 nitrogen and oxygen atoms in total. The van der Waals surface area contributed by atoms with Crippen molar-refractivity contribution in [2.45, 2.75) is 19.5 Å². The summed E-state index contributed by atoms with van der Waals surface area (Å²) in [6.45, 7) is 2.08. The maximum absolute atomic E-state index is 11.6. The minimum Gasteiger partial charge on any atom is -0.340 e. The van der Waals surface area contributed by atoms with Crippen molar-refractivity contribution in [1.29, 1.82) is 0 Å². The highest BCUT2D eigenvalue weighted by Crippen LogP contribution is 2.22. The fraction of sp³-hybridized carbons (Fsp3) is 0.364. The Morgan fingerprint density at radius 3 is 2.62 bits per heavy atom. The molecule has 0 heterocycles. The van der Waals surface area contributed by atoms with Crippen LogP contribution in [0.2, 0.25) is 10.0 Å². The number of halogens is 2. The highest BCUT2D eigenvalue weighted by Gasteiger charge is 2.14. The summed E-state index contributed by atoms with van der Waals surface area (Å²) in [4.78, 5) is 13.1. The molecule has 0 fully saturated rings. The summed E-state index contributed by atoms with van der Waals surface area (Å²) < 4.78 is 0. The topological polar surface area (TPSA) is 46.3 Å². The smallest absolute Gasteiger partial charge is 0.239 e. The summed E-state index contributed by atoms with van der Waals surface area (Å²) in [6, 6.07) is 4.70. The SMILES string of the molecule is C[C@H](N)C(=O)N(C)Cc1ccc(Cl)cc1Cl. The average molecular weight is 261 g/mol. The summed E-state index contributed by atoms with van der Waals surface area (Å²) in [5.74, 6) is -0.119. The Balaban J connectivity index is 2.77. The molecule has 0 radical (unpaired) electrons. The second kappa shape index (κ2) is 5.53. The summed E-state index contributed by atoms with van der Waals surface area (Å²) >= 11 is 11.8. The zero-order valence-electron chi connectivity index (χ0n) is 9.21. The van der Waals surface area contributed by atoms with E-state index in [0.717, 1.165) is 5.56 Å². The van der Waals surface area contributed by atoms with Gasteiger partial charge in [-0.05, 0) is 24.6 Å². The largest absolute Gasteiger partial charge is 0.340 e. The molecule has 1 aromatic rings. The van der Waals surface area contributed by atoms with Crippen LogP contribution in [0, 0.1) is 0 Å². The summed E-state index contributed by atoms with van der Waals surface area (Å²) in [7, 11) is 1.69. The van der Waals surface area contributed by atoms with E-state index in [0.29, 0.717) is 16.6 Å². The fourth-order valence-electron chi connectivity index (χ4n) is 1.33. The monoisotopic (exact) mass is 260 g/mol. The van der Waals surface area contributed by atoms with E-state index in [4.69, 9.17) is 28.9 Å². The van der Waals surface area contributed by atoms with E-state index >= 15 is 0 Å². The summed E-state index contributed by atoms with van der Waals surface area (Å²) in [5, 5.41) is 1.13. The van der Waals surface area contributed by atoms with Gasteiger partial charge in [0.1, 0.15) is 0 Å². The molecule has 0 unspecified atom stereocenters. The van der Waals surface area contributed by atoms with E-state index in [2.05, 4.69) is 0 Å². The molecular weight excluding hydrogens is 247 g/mol. The van der Waals surface area contributed by atoms with Crippen molar-refractivity contribution >= 4 is 29.1 Å². The molecule has 0 saturated heterocycles. The summed E-state index contributed by atoms with van der Waals surface area (Å²) in [6.07, 6.45) is 0. The Bertz CT molecular complexity index is 394. The van der Waals surface area contributed by atoms with Crippen LogP contribution in [0.15, 0.2) is 18.2 Å². The molecule has 0 aromatic heterocycles. The molecule has 2 N–H and O–H groups in total. The lowest BCUT2D eigenvalue weighted by Crippen LogP contribution is -2.39. The van der Waals surface area contributed by atoms with Crippen molar-refractivity contribution in [2.75, 3.05) is 7.05 Å². The van der Waals surface area contributed by atoms with Gasteiger partial charge >= 0.3 is 0 Å². The first-order chi connectivity index (χ1) is 7.41. The molecule has 1 aromatic carbocycles. The molecule has 5 heteroatoms. The molecule has 1 rings (SSSR count). The highest BCUT2D eigenvalue weighted by molar-refractivity contribution is 6.35. The Labute approximate surface area is 105 Å². The standard InChI is InChI=1S/C11H14Cl2N2O/c1-7(14)11(16)15(2)6-8-3-4-9(12)5-10(8)13/h3-5,7H,6,14H2,1-2H3/t7-/m0/s1. The number of hydrogen-bond acceptors (Lipinski definition) is 2. The third-order valence-corrected chi connectivity index (χ3v) is 2.78. The van der Waals surface area contributed by atoms with Gasteiger partial charge < -0.3 is 10.6 Å². The van der Waals surface area contributed by atoms with Gasteiger partial charge in [-0.2, -0.15) is 0 Å². The molecule has 16 heavy (non-hydrogen) atoms. The van der Waals surface area contributed by atoms with Gasteiger partial charge in [0, 0.05) is 23.6 Å². The maximum atomic E-state index is 11.6. The number of likely N-dealkylation sites (N-methyl/N-ethyl adjacent to an activating group) is 1. The first-order valence-corrected chi connectivity index (χ1v) is 5.62. The highest BCUT2D eigenvalue weighted by atomic mass is 35.5. The minimum absolute atomic E-state index is 0.119. The average Bonchev–Trinajstić information content (AvgIpc) is 2.20. The zero-order chi connectivity index (χ0) is 12.3. The molecule has 0 bridgehead atoms. The number of benzene rings is 1. The van der Waals surface area contributed by atoms with E-state index < -0.39 is 6.04 Å². The van der Waals surface area contributed by atoms with E-state index in [1.54, 1.807) is 37.1 Å². The number of nitrogens with two attached hydrogens (primary N) is 1. The lowest BCUT2D eigenvalue weighted by Gasteiger charge is -2.20. The van der Waals surface area contributed by atoms with Gasteiger partial charge in [0.05, 0.1) is 6.04 Å². The van der Waals surface area contributed by atoms with E-state index in [1.807, 2.05) is 0 Å². The molecule has 0 aliphatic carbocycles. The number of rotatable bonds is 3. The molecule has 0 saturated carbocycles. The van der Waals surface area contributed by atoms with Crippen molar-refractivity contribution in [3.8, 4) is 0 Å². The number of nitrogens with zero attached hydrogens (tertiary/aromatic N) is 1. The molecule has 0 aliphatic rings. The maximum Gasteiger partial charge on any atom is 0.239 e. The van der Waals surface area contributed by atoms with Crippen molar-refractivity contribution in [1.82, 2.24) is 4.90 Å². The van der Waals surface area contributed by atoms with Gasteiger partial charge in [-0.25, -0.2) is 0 Å². The van der Waals surface area contributed by atoms with Gasteiger partial charge in [0.25, 0.3) is 0 Å². The van der Waals surface area contributed by atoms with Crippen molar-refractivity contribution < 1.29 is 4.79 Å². The number of hydrogen-bond donors (Lipinski definition) is 1. The molecule has 88 valence electrons. The Hall–Kier alpha value is -0.770. The predicted octanol–water partition coefficient (Wildman–Crippen LogP) is 2.30.